The fourth-order valence-corrected chi connectivity index (χ4v) is 1.85. The van der Waals surface area contributed by atoms with E-state index in [2.05, 4.69) is 0 Å². The molecule has 0 amide bonds. The first-order valence-electron chi connectivity index (χ1n) is 4.77. The van der Waals surface area contributed by atoms with Gasteiger partial charge in [-0.05, 0) is 25.8 Å². The van der Waals surface area contributed by atoms with E-state index in [0.29, 0.717) is 12.8 Å². The molecule has 0 radical (unpaired) electrons. The van der Waals surface area contributed by atoms with Gasteiger partial charge in [-0.15, -0.1) is 0 Å². The summed E-state index contributed by atoms with van der Waals surface area (Å²) in [6.45, 7) is 3.72. The predicted octanol–water partition coefficient (Wildman–Crippen LogP) is 2.28. The molecule has 1 atom stereocenters. The van der Waals surface area contributed by atoms with Gasteiger partial charge in [-0.25, -0.2) is 0 Å². The van der Waals surface area contributed by atoms with Crippen molar-refractivity contribution in [1.82, 2.24) is 0 Å². The largest absolute Gasteiger partial charge is 0.300 e. The van der Waals surface area contributed by atoms with Gasteiger partial charge in [-0.1, -0.05) is 13.0 Å². The molecule has 1 aliphatic rings. The minimum Gasteiger partial charge on any atom is -0.300 e. The summed E-state index contributed by atoms with van der Waals surface area (Å²) in [5.41, 5.74) is -0.415. The summed E-state index contributed by atoms with van der Waals surface area (Å²) >= 11 is 0. The summed E-state index contributed by atoms with van der Waals surface area (Å²) in [6, 6.07) is 0. The van der Waals surface area contributed by atoms with Crippen molar-refractivity contribution in [3.63, 3.8) is 0 Å². The van der Waals surface area contributed by atoms with Crippen LogP contribution in [0.2, 0.25) is 0 Å². The molecule has 2 nitrogen and oxygen atoms in total. The van der Waals surface area contributed by atoms with Crippen LogP contribution >= 0.6 is 0 Å². The Morgan fingerprint density at radius 2 is 2.23 bits per heavy atom. The van der Waals surface area contributed by atoms with Gasteiger partial charge >= 0.3 is 0 Å². The quantitative estimate of drug-likeness (QED) is 0.611. The van der Waals surface area contributed by atoms with Gasteiger partial charge in [0.25, 0.3) is 0 Å². The first-order valence-corrected chi connectivity index (χ1v) is 4.77. The van der Waals surface area contributed by atoms with Crippen LogP contribution < -0.4 is 0 Å². The van der Waals surface area contributed by atoms with Crippen LogP contribution in [-0.4, -0.2) is 11.6 Å². The van der Waals surface area contributed by atoms with Crippen molar-refractivity contribution in [3.05, 3.63) is 12.2 Å². The molecule has 0 aromatic rings. The van der Waals surface area contributed by atoms with Gasteiger partial charge in [0.15, 0.2) is 5.78 Å². The van der Waals surface area contributed by atoms with Gasteiger partial charge in [-0.2, -0.15) is 0 Å². The fraction of sp³-hybridized carbons (Fsp3) is 0.636. The molecule has 0 saturated heterocycles. The second kappa shape index (κ2) is 3.86. The topological polar surface area (TPSA) is 34.1 Å². The number of carbonyl (C=O) groups excluding carboxylic acids is 2. The Morgan fingerprint density at radius 1 is 1.54 bits per heavy atom. The summed E-state index contributed by atoms with van der Waals surface area (Å²) in [5, 5.41) is 0. The van der Waals surface area contributed by atoms with Crippen molar-refractivity contribution in [2.75, 3.05) is 0 Å². The third-order valence-electron chi connectivity index (χ3n) is 2.68. The lowest BCUT2D eigenvalue weighted by Crippen LogP contribution is -2.32. The molecule has 1 saturated carbocycles. The first kappa shape index (κ1) is 10.2. The van der Waals surface area contributed by atoms with E-state index in [9.17, 15) is 9.59 Å². The maximum absolute atomic E-state index is 11.6. The molecule has 0 aliphatic heterocycles. The van der Waals surface area contributed by atoms with E-state index >= 15 is 0 Å². The summed E-state index contributed by atoms with van der Waals surface area (Å²) in [6.07, 6.45) is 6.11. The van der Waals surface area contributed by atoms with Crippen molar-refractivity contribution in [2.45, 2.75) is 39.5 Å². The second-order valence-electron chi connectivity index (χ2n) is 3.99. The molecular weight excluding hydrogens is 164 g/mol. The van der Waals surface area contributed by atoms with E-state index in [1.807, 2.05) is 13.8 Å². The Kier molecular flexibility index (Phi) is 3.02. The standard InChI is InChI=1S/C11H16O2/c1-3-5-10(13)11(2)7-4-6-9(12)8-11/h3,5H,4,6-8H2,1-2H3/b5-3+. The molecule has 0 spiro atoms. The van der Waals surface area contributed by atoms with Crippen LogP contribution in [0.1, 0.15) is 39.5 Å². The normalized spacial score (nSPS) is 29.5. The van der Waals surface area contributed by atoms with Gasteiger partial charge in [-0.3, -0.25) is 9.59 Å². The average Bonchev–Trinajstić information content (AvgIpc) is 2.04. The molecule has 1 aliphatic carbocycles. The molecular formula is C11H16O2. The van der Waals surface area contributed by atoms with E-state index in [0.717, 1.165) is 12.8 Å². The summed E-state index contributed by atoms with van der Waals surface area (Å²) in [7, 11) is 0. The minimum absolute atomic E-state index is 0.100. The van der Waals surface area contributed by atoms with Crippen molar-refractivity contribution >= 4 is 11.6 Å². The van der Waals surface area contributed by atoms with Crippen LogP contribution in [0.15, 0.2) is 12.2 Å². The number of ketones is 2. The zero-order chi connectivity index (χ0) is 9.90. The minimum atomic E-state index is -0.415. The van der Waals surface area contributed by atoms with Crippen LogP contribution in [0.3, 0.4) is 0 Å². The number of allylic oxidation sites excluding steroid dienone is 2. The van der Waals surface area contributed by atoms with E-state index in [1.165, 1.54) is 0 Å². The molecule has 1 fully saturated rings. The zero-order valence-corrected chi connectivity index (χ0v) is 8.30. The lowest BCUT2D eigenvalue weighted by atomic mass is 9.72. The van der Waals surface area contributed by atoms with Gasteiger partial charge in [0.05, 0.1) is 0 Å². The maximum atomic E-state index is 11.6. The maximum Gasteiger partial charge on any atom is 0.161 e. The predicted molar refractivity (Wildman–Crippen MR) is 51.4 cm³/mol. The average molecular weight is 180 g/mol. The highest BCUT2D eigenvalue weighted by atomic mass is 16.1. The third-order valence-corrected chi connectivity index (χ3v) is 2.68. The Balaban J connectivity index is 2.74. The summed E-state index contributed by atoms with van der Waals surface area (Å²) in [5.74, 6) is 0.328. The molecule has 72 valence electrons. The molecule has 2 heteroatoms. The number of hydrogen-bond acceptors (Lipinski definition) is 2. The Hall–Kier alpha value is -0.920. The van der Waals surface area contributed by atoms with Crippen molar-refractivity contribution in [2.24, 2.45) is 5.41 Å². The molecule has 0 N–H and O–H groups in total. The Morgan fingerprint density at radius 3 is 2.77 bits per heavy atom. The van der Waals surface area contributed by atoms with Crippen molar-refractivity contribution in [3.8, 4) is 0 Å². The molecule has 0 bridgehead atoms. The van der Waals surface area contributed by atoms with E-state index in [4.69, 9.17) is 0 Å². The zero-order valence-electron chi connectivity index (χ0n) is 8.30. The van der Waals surface area contributed by atoms with E-state index in [1.54, 1.807) is 12.2 Å². The van der Waals surface area contributed by atoms with Crippen LogP contribution in [-0.2, 0) is 9.59 Å². The SMILES string of the molecule is C/C=C/C(=O)C1(C)CCCC(=O)C1. The molecule has 1 unspecified atom stereocenters. The van der Waals surface area contributed by atoms with Crippen molar-refractivity contribution in [1.29, 1.82) is 0 Å². The van der Waals surface area contributed by atoms with Gasteiger partial charge in [0.2, 0.25) is 0 Å². The van der Waals surface area contributed by atoms with Gasteiger partial charge in [0, 0.05) is 18.3 Å². The summed E-state index contributed by atoms with van der Waals surface area (Å²) in [4.78, 5) is 22.8. The lowest BCUT2D eigenvalue weighted by molar-refractivity contribution is -0.132. The highest BCUT2D eigenvalue weighted by Crippen LogP contribution is 2.35. The van der Waals surface area contributed by atoms with Crippen LogP contribution in [0, 0.1) is 5.41 Å². The van der Waals surface area contributed by atoms with Gasteiger partial charge < -0.3 is 0 Å². The highest BCUT2D eigenvalue weighted by Gasteiger charge is 2.36. The highest BCUT2D eigenvalue weighted by molar-refractivity contribution is 5.98. The van der Waals surface area contributed by atoms with Crippen molar-refractivity contribution < 1.29 is 9.59 Å². The first-order chi connectivity index (χ1) is 6.08. The number of rotatable bonds is 2. The molecule has 13 heavy (non-hydrogen) atoms. The number of carbonyl (C=O) groups is 2. The third kappa shape index (κ3) is 2.27. The number of Topliss-reactive ketones (excluding diaryl/α,β-unsaturated/α-hetero) is 1. The Bertz CT molecular complexity index is 253. The molecule has 0 aromatic heterocycles. The molecule has 1 rings (SSSR count). The fourth-order valence-electron chi connectivity index (χ4n) is 1.85. The van der Waals surface area contributed by atoms with Crippen LogP contribution in [0.5, 0.6) is 0 Å². The van der Waals surface area contributed by atoms with Gasteiger partial charge in [0.1, 0.15) is 5.78 Å². The van der Waals surface area contributed by atoms with Crippen LogP contribution in [0.4, 0.5) is 0 Å². The Labute approximate surface area is 79.0 Å². The monoisotopic (exact) mass is 180 g/mol. The van der Waals surface area contributed by atoms with Crippen LogP contribution in [0.25, 0.3) is 0 Å². The molecule has 0 heterocycles. The van der Waals surface area contributed by atoms with E-state index < -0.39 is 5.41 Å². The smallest absolute Gasteiger partial charge is 0.161 e. The number of hydrogen-bond donors (Lipinski definition) is 0. The molecule has 0 aromatic carbocycles. The van der Waals surface area contributed by atoms with E-state index in [-0.39, 0.29) is 11.6 Å². The second-order valence-corrected chi connectivity index (χ2v) is 3.99. The summed E-state index contributed by atoms with van der Waals surface area (Å²) < 4.78 is 0. The lowest BCUT2D eigenvalue weighted by Gasteiger charge is -2.29.